The molecule has 0 aromatic heterocycles. The minimum absolute atomic E-state index is 0.0385. The van der Waals surface area contributed by atoms with Crippen LogP contribution in [0.2, 0.25) is 0 Å². The van der Waals surface area contributed by atoms with E-state index in [-0.39, 0.29) is 61.8 Å². The minimum Gasteiger partial charge on any atom is -0.494 e. The standard InChI is InChI=1S/C27H30N4O8/c28-17-5-7-18(8-6-17)38-14-2-13-37-15-11-22(32)29-12-16-39-21-4-1-3-19-24(21)27(36)31(26(19)35)20-9-10-23(33)30-25(20)34/h1,3-8,20H,2,9-16,28H2,(H,29,32)(H,30,33,34). The first-order valence-corrected chi connectivity index (χ1v) is 12.7. The Morgan fingerprint density at radius 1 is 0.974 bits per heavy atom. The number of imide groups is 2. The van der Waals surface area contributed by atoms with Crippen LogP contribution in [0.25, 0.3) is 0 Å². The Morgan fingerprint density at radius 2 is 1.77 bits per heavy atom. The smallest absolute Gasteiger partial charge is 0.266 e. The number of nitrogens with one attached hydrogen (secondary N) is 2. The number of fused-ring (bicyclic) bond motifs is 1. The molecule has 2 aliphatic heterocycles. The van der Waals surface area contributed by atoms with Crippen LogP contribution >= 0.6 is 0 Å². The van der Waals surface area contributed by atoms with Gasteiger partial charge in [-0.25, -0.2) is 0 Å². The number of carbonyl (C=O) groups excluding carboxylic acids is 5. The average molecular weight is 539 g/mol. The maximum Gasteiger partial charge on any atom is 0.266 e. The van der Waals surface area contributed by atoms with Crippen LogP contribution in [0.1, 0.15) is 46.4 Å². The van der Waals surface area contributed by atoms with Crippen molar-refractivity contribution >= 4 is 35.2 Å². The zero-order valence-electron chi connectivity index (χ0n) is 21.3. The van der Waals surface area contributed by atoms with Gasteiger partial charge in [0.15, 0.2) is 0 Å². The molecule has 2 heterocycles. The van der Waals surface area contributed by atoms with Crippen LogP contribution in [-0.4, -0.2) is 73.4 Å². The fraction of sp³-hybridized carbons (Fsp3) is 0.370. The van der Waals surface area contributed by atoms with Crippen LogP contribution in [0.4, 0.5) is 5.69 Å². The summed E-state index contributed by atoms with van der Waals surface area (Å²) >= 11 is 0. The molecule has 1 unspecified atom stereocenters. The molecule has 12 nitrogen and oxygen atoms in total. The maximum atomic E-state index is 13.1. The van der Waals surface area contributed by atoms with Crippen LogP contribution in [0.5, 0.6) is 11.5 Å². The molecule has 4 N–H and O–H groups in total. The van der Waals surface area contributed by atoms with E-state index in [9.17, 15) is 24.0 Å². The fourth-order valence-electron chi connectivity index (χ4n) is 4.23. The van der Waals surface area contributed by atoms with Crippen LogP contribution in [0.3, 0.4) is 0 Å². The summed E-state index contributed by atoms with van der Waals surface area (Å²) in [4.78, 5) is 62.5. The molecule has 0 aliphatic carbocycles. The van der Waals surface area contributed by atoms with E-state index in [4.69, 9.17) is 19.9 Å². The summed E-state index contributed by atoms with van der Waals surface area (Å²) in [6, 6.07) is 10.7. The van der Waals surface area contributed by atoms with Crippen molar-refractivity contribution in [2.45, 2.75) is 31.7 Å². The largest absolute Gasteiger partial charge is 0.494 e. The number of nitrogen functional groups attached to an aromatic ring is 1. The lowest BCUT2D eigenvalue weighted by Crippen LogP contribution is -2.54. The first-order valence-electron chi connectivity index (χ1n) is 12.7. The molecule has 2 aromatic carbocycles. The molecule has 2 aromatic rings. The molecule has 5 amide bonds. The Balaban J connectivity index is 1.14. The average Bonchev–Trinajstić information content (AvgIpc) is 3.17. The van der Waals surface area contributed by atoms with Crippen molar-refractivity contribution in [2.75, 3.05) is 38.7 Å². The zero-order valence-corrected chi connectivity index (χ0v) is 21.3. The number of anilines is 1. The number of rotatable bonds is 13. The molecule has 1 fully saturated rings. The van der Waals surface area contributed by atoms with Gasteiger partial charge in [0.05, 0.1) is 30.9 Å². The van der Waals surface area contributed by atoms with Crippen molar-refractivity contribution in [1.82, 2.24) is 15.5 Å². The lowest BCUT2D eigenvalue weighted by atomic mass is 10.0. The van der Waals surface area contributed by atoms with Gasteiger partial charge in [0.1, 0.15) is 24.1 Å². The highest BCUT2D eigenvalue weighted by molar-refractivity contribution is 6.24. The Labute approximate surface area is 224 Å². The molecule has 0 radical (unpaired) electrons. The Hall–Kier alpha value is -4.45. The third-order valence-electron chi connectivity index (χ3n) is 6.17. The van der Waals surface area contributed by atoms with Crippen molar-refractivity contribution in [1.29, 1.82) is 0 Å². The number of amides is 5. The van der Waals surface area contributed by atoms with Gasteiger partial charge in [0.25, 0.3) is 11.8 Å². The highest BCUT2D eigenvalue weighted by atomic mass is 16.5. The molecule has 4 rings (SSSR count). The summed E-state index contributed by atoms with van der Waals surface area (Å²) < 4.78 is 16.7. The molecule has 1 saturated heterocycles. The van der Waals surface area contributed by atoms with E-state index >= 15 is 0 Å². The second-order valence-corrected chi connectivity index (χ2v) is 8.96. The molecule has 0 bridgehead atoms. The number of piperidine rings is 1. The first kappa shape index (κ1) is 27.6. The summed E-state index contributed by atoms with van der Waals surface area (Å²) in [5.41, 5.74) is 6.49. The van der Waals surface area contributed by atoms with Crippen molar-refractivity contribution < 1.29 is 38.2 Å². The van der Waals surface area contributed by atoms with Gasteiger partial charge in [-0.3, -0.25) is 34.2 Å². The molecule has 12 heteroatoms. The first-order chi connectivity index (χ1) is 18.8. The molecule has 1 atom stereocenters. The Morgan fingerprint density at radius 3 is 2.54 bits per heavy atom. The SMILES string of the molecule is Nc1ccc(OCCCOCCC(=O)NCCOc2cccc3c2C(=O)N(C2CCC(=O)NC2=O)C3=O)cc1. The number of hydrogen-bond donors (Lipinski definition) is 3. The number of ether oxygens (including phenoxy) is 3. The molecular formula is C27H30N4O8. The van der Waals surface area contributed by atoms with Crippen LogP contribution in [-0.2, 0) is 19.1 Å². The number of carbonyl (C=O) groups is 5. The van der Waals surface area contributed by atoms with Crippen molar-refractivity contribution in [2.24, 2.45) is 0 Å². The number of nitrogens with zero attached hydrogens (tertiary/aromatic N) is 1. The van der Waals surface area contributed by atoms with Crippen molar-refractivity contribution in [3.05, 3.63) is 53.6 Å². The fourth-order valence-corrected chi connectivity index (χ4v) is 4.23. The normalized spacial score (nSPS) is 16.6. The minimum atomic E-state index is -1.05. The third-order valence-corrected chi connectivity index (χ3v) is 6.17. The van der Waals surface area contributed by atoms with Gasteiger partial charge in [0, 0.05) is 31.6 Å². The predicted octanol–water partition coefficient (Wildman–Crippen LogP) is 1.04. The van der Waals surface area contributed by atoms with Gasteiger partial charge < -0.3 is 25.3 Å². The molecule has 0 spiro atoms. The quantitative estimate of drug-likeness (QED) is 0.192. The Bertz CT molecular complexity index is 1250. The van der Waals surface area contributed by atoms with Gasteiger partial charge in [-0.15, -0.1) is 0 Å². The van der Waals surface area contributed by atoms with E-state index in [1.807, 2.05) is 0 Å². The Kier molecular flexibility index (Phi) is 9.10. The summed E-state index contributed by atoms with van der Waals surface area (Å²) in [5, 5.41) is 4.88. The van der Waals surface area contributed by atoms with Crippen molar-refractivity contribution in [3.63, 3.8) is 0 Å². The third kappa shape index (κ3) is 6.90. The van der Waals surface area contributed by atoms with E-state index < -0.39 is 29.7 Å². The van der Waals surface area contributed by atoms with Crippen molar-refractivity contribution in [3.8, 4) is 11.5 Å². The topological polar surface area (TPSA) is 166 Å². The van der Waals surface area contributed by atoms with Gasteiger partial charge >= 0.3 is 0 Å². The van der Waals surface area contributed by atoms with Crippen LogP contribution in [0.15, 0.2) is 42.5 Å². The van der Waals surface area contributed by atoms with E-state index in [1.54, 1.807) is 36.4 Å². The molecular weight excluding hydrogens is 508 g/mol. The summed E-state index contributed by atoms with van der Waals surface area (Å²) in [6.07, 6.45) is 0.952. The molecule has 206 valence electrons. The second-order valence-electron chi connectivity index (χ2n) is 8.96. The van der Waals surface area contributed by atoms with E-state index in [1.165, 1.54) is 6.07 Å². The molecule has 2 aliphatic rings. The van der Waals surface area contributed by atoms with Gasteiger partial charge in [-0.2, -0.15) is 0 Å². The van der Waals surface area contributed by atoms with Gasteiger partial charge in [-0.05, 0) is 42.8 Å². The highest BCUT2D eigenvalue weighted by Crippen LogP contribution is 2.33. The summed E-state index contributed by atoms with van der Waals surface area (Å²) in [5.74, 6) is -1.69. The highest BCUT2D eigenvalue weighted by Gasteiger charge is 2.45. The molecule has 0 saturated carbocycles. The lowest BCUT2D eigenvalue weighted by Gasteiger charge is -2.27. The van der Waals surface area contributed by atoms with Crippen LogP contribution < -0.4 is 25.8 Å². The van der Waals surface area contributed by atoms with E-state index in [2.05, 4.69) is 10.6 Å². The summed E-state index contributed by atoms with van der Waals surface area (Å²) in [7, 11) is 0. The lowest BCUT2D eigenvalue weighted by molar-refractivity contribution is -0.136. The zero-order chi connectivity index (χ0) is 27.8. The van der Waals surface area contributed by atoms with E-state index in [0.29, 0.717) is 25.3 Å². The monoisotopic (exact) mass is 538 g/mol. The number of hydrogen-bond acceptors (Lipinski definition) is 9. The molecule has 39 heavy (non-hydrogen) atoms. The van der Waals surface area contributed by atoms with Gasteiger partial charge in [-0.1, -0.05) is 6.07 Å². The second kappa shape index (κ2) is 12.9. The van der Waals surface area contributed by atoms with E-state index in [0.717, 1.165) is 10.6 Å². The number of nitrogens with two attached hydrogens (primary N) is 1. The number of benzene rings is 2. The van der Waals surface area contributed by atoms with Gasteiger partial charge in [0.2, 0.25) is 17.7 Å². The maximum absolute atomic E-state index is 13.1. The predicted molar refractivity (Wildman–Crippen MR) is 138 cm³/mol. The summed E-state index contributed by atoms with van der Waals surface area (Å²) in [6.45, 7) is 1.43. The van der Waals surface area contributed by atoms with Crippen LogP contribution in [0, 0.1) is 0 Å².